The van der Waals surface area contributed by atoms with Gasteiger partial charge in [-0.1, -0.05) is 36.5 Å². The quantitative estimate of drug-likeness (QED) is 0.293. The predicted octanol–water partition coefficient (Wildman–Crippen LogP) is 5.23. The summed E-state index contributed by atoms with van der Waals surface area (Å²) in [5.74, 6) is 0.384. The van der Waals surface area contributed by atoms with Crippen LogP contribution in [0.2, 0.25) is 5.02 Å². The first-order valence-electron chi connectivity index (χ1n) is 9.80. The Morgan fingerprint density at radius 3 is 2.26 bits per heavy atom. The first kappa shape index (κ1) is 25.6. The van der Waals surface area contributed by atoms with Crippen molar-refractivity contribution in [1.82, 2.24) is 0 Å². The minimum atomic E-state index is -1.30. The molecule has 2 N–H and O–H groups in total. The molecule has 3 amide bonds. The molecule has 0 fully saturated rings. The number of ether oxygens (including phenoxy) is 2. The number of hydrogen-bond donors (Lipinski definition) is 3. The largest absolute Gasteiger partial charge is 0.612 e. The number of carbonyl (C=O) groups is 2. The Balaban J connectivity index is 1.71. The van der Waals surface area contributed by atoms with Crippen molar-refractivity contribution in [1.29, 1.82) is 0 Å². The lowest BCUT2D eigenvalue weighted by Crippen LogP contribution is -2.27. The Morgan fingerprint density at radius 2 is 1.65 bits per heavy atom. The summed E-state index contributed by atoms with van der Waals surface area (Å²) in [5.41, 5.74) is 1.62. The van der Waals surface area contributed by atoms with Crippen LogP contribution < -0.4 is 24.4 Å². The van der Waals surface area contributed by atoms with Gasteiger partial charge in [-0.2, -0.15) is 0 Å². The fraction of sp³-hybridized carbons (Fsp3) is 0.130. The summed E-state index contributed by atoms with van der Waals surface area (Å²) in [6.45, 7) is 0. The van der Waals surface area contributed by atoms with E-state index in [1.54, 1.807) is 54.6 Å². The van der Waals surface area contributed by atoms with Gasteiger partial charge in [0.15, 0.2) is 4.90 Å². The van der Waals surface area contributed by atoms with Crippen LogP contribution in [-0.4, -0.2) is 37.0 Å². The Kier molecular flexibility index (Phi) is 8.56. The molecule has 0 radical (unpaired) electrons. The number of methoxy groups -OCH3 is 2. The lowest BCUT2D eigenvalue weighted by Gasteiger charge is -2.19. The first-order valence-corrected chi connectivity index (χ1v) is 12.1. The molecule has 0 aliphatic heterocycles. The molecule has 8 nitrogen and oxygen atoms in total. The molecule has 0 saturated heterocycles. The normalized spacial score (nSPS) is 11.4. The molecular formula is C23H22ClN3O5S2. The van der Waals surface area contributed by atoms with E-state index in [0.29, 0.717) is 44.0 Å². The predicted molar refractivity (Wildman–Crippen MR) is 138 cm³/mol. The number of halogens is 1. The van der Waals surface area contributed by atoms with Crippen molar-refractivity contribution in [3.63, 3.8) is 0 Å². The fourth-order valence-electron chi connectivity index (χ4n) is 3.03. The van der Waals surface area contributed by atoms with E-state index in [2.05, 4.69) is 23.4 Å². The summed E-state index contributed by atoms with van der Waals surface area (Å²) >= 11 is 9.12. The molecular weight excluding hydrogens is 498 g/mol. The van der Waals surface area contributed by atoms with E-state index in [1.807, 2.05) is 0 Å². The number of rotatable bonds is 7. The Bertz CT molecular complexity index is 1190. The lowest BCUT2D eigenvalue weighted by atomic mass is 10.2. The van der Waals surface area contributed by atoms with Gasteiger partial charge in [0, 0.05) is 11.8 Å². The van der Waals surface area contributed by atoms with Crippen LogP contribution in [0.5, 0.6) is 11.5 Å². The van der Waals surface area contributed by atoms with Gasteiger partial charge >= 0.3 is 6.03 Å². The van der Waals surface area contributed by atoms with E-state index in [9.17, 15) is 14.1 Å². The molecule has 0 aliphatic rings. The van der Waals surface area contributed by atoms with E-state index in [4.69, 9.17) is 21.1 Å². The molecule has 0 aromatic heterocycles. The van der Waals surface area contributed by atoms with Crippen LogP contribution in [0, 0.1) is 0 Å². The maximum atomic E-state index is 12.7. The molecule has 3 rings (SSSR count). The molecule has 0 aliphatic carbocycles. The second-order valence-electron chi connectivity index (χ2n) is 6.88. The average molecular weight is 520 g/mol. The van der Waals surface area contributed by atoms with Crippen LogP contribution in [0.4, 0.5) is 21.9 Å². The van der Waals surface area contributed by atoms with Crippen LogP contribution in [0.1, 0.15) is 10.4 Å². The number of anilines is 3. The standard InChI is InChI=1S/C23H22ClN3O5S2/c1-31-19-13-20(32-2)18(12-17(19)24)26-23(29)27(33)15-10-8-14(9-11-15)25-22(28)16-6-4-5-7-21(16)34(3)30/h4-13,33H,1-3H3,(H,25,28)(H,26,29). The van der Waals surface area contributed by atoms with Crippen LogP contribution in [0.15, 0.2) is 65.6 Å². The molecule has 3 aromatic rings. The molecule has 178 valence electrons. The summed E-state index contributed by atoms with van der Waals surface area (Å²) in [5, 5.41) is 5.75. The molecule has 1 unspecified atom stereocenters. The minimum absolute atomic E-state index is 0.304. The zero-order chi connectivity index (χ0) is 24.8. The fourth-order valence-corrected chi connectivity index (χ4v) is 4.20. The Morgan fingerprint density at radius 1 is 1.00 bits per heavy atom. The third-order valence-electron chi connectivity index (χ3n) is 4.72. The molecule has 1 atom stereocenters. The number of urea groups is 1. The third kappa shape index (κ3) is 5.89. The first-order chi connectivity index (χ1) is 16.2. The molecule has 34 heavy (non-hydrogen) atoms. The second-order valence-corrected chi connectivity index (χ2v) is 9.04. The number of amides is 3. The second kappa shape index (κ2) is 11.4. The molecule has 3 aromatic carbocycles. The molecule has 0 heterocycles. The summed E-state index contributed by atoms with van der Waals surface area (Å²) in [7, 11) is 2.93. The zero-order valence-electron chi connectivity index (χ0n) is 18.5. The third-order valence-corrected chi connectivity index (χ3v) is 6.40. The van der Waals surface area contributed by atoms with Gasteiger partial charge in [0.05, 0.1) is 36.2 Å². The van der Waals surface area contributed by atoms with Crippen molar-refractivity contribution in [2.24, 2.45) is 0 Å². The number of nitrogens with zero attached hydrogens (tertiary/aromatic N) is 1. The van der Waals surface area contributed by atoms with Crippen molar-refractivity contribution < 1.29 is 23.6 Å². The van der Waals surface area contributed by atoms with Gasteiger partial charge in [0.25, 0.3) is 5.91 Å². The molecule has 0 spiro atoms. The highest BCUT2D eigenvalue weighted by Crippen LogP contribution is 2.36. The highest BCUT2D eigenvalue weighted by Gasteiger charge is 2.19. The van der Waals surface area contributed by atoms with Gasteiger partial charge in [0.1, 0.15) is 17.8 Å². The monoisotopic (exact) mass is 519 g/mol. The molecule has 0 bridgehead atoms. The molecule has 11 heteroatoms. The van der Waals surface area contributed by atoms with Crippen molar-refractivity contribution in [2.45, 2.75) is 4.90 Å². The summed E-state index contributed by atoms with van der Waals surface area (Å²) in [6.07, 6.45) is 1.52. The van der Waals surface area contributed by atoms with Gasteiger partial charge in [-0.25, -0.2) is 9.10 Å². The lowest BCUT2D eigenvalue weighted by molar-refractivity contribution is 0.102. The van der Waals surface area contributed by atoms with E-state index in [1.165, 1.54) is 26.5 Å². The zero-order valence-corrected chi connectivity index (χ0v) is 21.0. The van der Waals surface area contributed by atoms with E-state index in [0.717, 1.165) is 4.31 Å². The summed E-state index contributed by atoms with van der Waals surface area (Å²) in [4.78, 5) is 25.8. The van der Waals surface area contributed by atoms with Crippen LogP contribution in [0.3, 0.4) is 0 Å². The number of benzene rings is 3. The van der Waals surface area contributed by atoms with Crippen LogP contribution in [0.25, 0.3) is 0 Å². The van der Waals surface area contributed by atoms with Gasteiger partial charge in [-0.3, -0.25) is 4.79 Å². The number of hydrogen-bond acceptors (Lipinski definition) is 6. The van der Waals surface area contributed by atoms with E-state index >= 15 is 0 Å². The maximum Gasteiger partial charge on any atom is 0.336 e. The highest BCUT2D eigenvalue weighted by atomic mass is 35.5. The number of thiol groups is 1. The van der Waals surface area contributed by atoms with E-state index in [-0.39, 0.29) is 5.91 Å². The number of carbonyl (C=O) groups excluding carboxylic acids is 2. The van der Waals surface area contributed by atoms with Gasteiger partial charge in [0.2, 0.25) is 0 Å². The Labute approximate surface area is 210 Å². The highest BCUT2D eigenvalue weighted by molar-refractivity contribution is 7.90. The summed E-state index contributed by atoms with van der Waals surface area (Å²) in [6, 6.07) is 15.7. The van der Waals surface area contributed by atoms with Crippen molar-refractivity contribution >= 4 is 64.6 Å². The average Bonchev–Trinajstić information content (AvgIpc) is 2.84. The van der Waals surface area contributed by atoms with Crippen molar-refractivity contribution in [2.75, 3.05) is 35.4 Å². The van der Waals surface area contributed by atoms with Gasteiger partial charge in [-0.05, 0) is 53.6 Å². The van der Waals surface area contributed by atoms with Crippen molar-refractivity contribution in [3.8, 4) is 11.5 Å². The van der Waals surface area contributed by atoms with Crippen molar-refractivity contribution in [3.05, 3.63) is 71.2 Å². The smallest absolute Gasteiger partial charge is 0.336 e. The maximum absolute atomic E-state index is 12.7. The topological polar surface area (TPSA) is 103 Å². The number of nitrogens with one attached hydrogen (secondary N) is 2. The minimum Gasteiger partial charge on any atom is -0.612 e. The van der Waals surface area contributed by atoms with Gasteiger partial charge in [-0.15, -0.1) is 0 Å². The molecule has 0 saturated carbocycles. The van der Waals surface area contributed by atoms with Crippen LogP contribution in [-0.2, 0) is 11.2 Å². The van der Waals surface area contributed by atoms with Gasteiger partial charge < -0.3 is 24.7 Å². The SMILES string of the molecule is COc1cc(OC)c(NC(=O)N(S)c2ccc(NC(=O)c3ccccc3[S+](C)[O-])cc2)cc1Cl. The van der Waals surface area contributed by atoms with E-state index < -0.39 is 17.2 Å². The van der Waals surface area contributed by atoms with Crippen LogP contribution >= 0.6 is 24.4 Å². The Hall–Kier alpha value is -3.05. The summed E-state index contributed by atoms with van der Waals surface area (Å²) < 4.78 is 23.4.